The van der Waals surface area contributed by atoms with Crippen molar-refractivity contribution in [2.24, 2.45) is 5.92 Å². The Morgan fingerprint density at radius 3 is 2.58 bits per heavy atom. The molecule has 3 aromatic rings. The summed E-state index contributed by atoms with van der Waals surface area (Å²) in [7, 11) is -3.81. The summed E-state index contributed by atoms with van der Waals surface area (Å²) in [6, 6.07) is 15.1. The largest absolute Gasteiger partial charge is 0.352 e. The van der Waals surface area contributed by atoms with Crippen molar-refractivity contribution in [3.63, 3.8) is 0 Å². The molecule has 5 rings (SSSR count). The summed E-state index contributed by atoms with van der Waals surface area (Å²) in [4.78, 5) is 29.8. The zero-order chi connectivity index (χ0) is 25.3. The smallest absolute Gasteiger partial charge is 0.268 e. The topological polar surface area (TPSA) is 123 Å². The highest BCUT2D eigenvalue weighted by molar-refractivity contribution is 7.89. The molecular weight excluding hydrogens is 478 g/mol. The summed E-state index contributed by atoms with van der Waals surface area (Å²) in [6.07, 6.45) is 1.83. The Bertz CT molecular complexity index is 1370. The molecule has 2 saturated heterocycles. The average Bonchev–Trinajstić information content (AvgIpc) is 3.50. The Balaban J connectivity index is 1.38. The minimum atomic E-state index is -3.81. The van der Waals surface area contributed by atoms with E-state index in [1.54, 1.807) is 24.3 Å². The van der Waals surface area contributed by atoms with Gasteiger partial charge >= 0.3 is 0 Å². The van der Waals surface area contributed by atoms with Crippen molar-refractivity contribution < 1.29 is 18.0 Å². The van der Waals surface area contributed by atoms with Crippen molar-refractivity contribution in [3.8, 4) is 0 Å². The average molecular weight is 510 g/mol. The number of nitrogens with zero attached hydrogens (tertiary/aromatic N) is 1. The lowest BCUT2D eigenvalue weighted by molar-refractivity contribution is -0.125. The van der Waals surface area contributed by atoms with Crippen LogP contribution < -0.4 is 16.0 Å². The minimum absolute atomic E-state index is 0.0000522. The first kappa shape index (κ1) is 24.5. The minimum Gasteiger partial charge on any atom is -0.352 e. The molecule has 3 heterocycles. The van der Waals surface area contributed by atoms with E-state index in [9.17, 15) is 18.0 Å². The van der Waals surface area contributed by atoms with Gasteiger partial charge in [0.15, 0.2) is 0 Å². The van der Waals surface area contributed by atoms with Gasteiger partial charge in [0.25, 0.3) is 5.91 Å². The zero-order valence-corrected chi connectivity index (χ0v) is 21.0. The van der Waals surface area contributed by atoms with Crippen molar-refractivity contribution in [1.29, 1.82) is 0 Å². The molecule has 2 aliphatic rings. The third-order valence-corrected chi connectivity index (χ3v) is 8.83. The van der Waals surface area contributed by atoms with E-state index in [2.05, 4.69) is 20.9 Å². The highest BCUT2D eigenvalue weighted by Crippen LogP contribution is 2.26. The number of piperidine rings is 1. The van der Waals surface area contributed by atoms with Gasteiger partial charge in [-0.25, -0.2) is 8.42 Å². The van der Waals surface area contributed by atoms with Gasteiger partial charge in [-0.15, -0.1) is 0 Å². The van der Waals surface area contributed by atoms with Gasteiger partial charge in [-0.2, -0.15) is 4.31 Å². The molecule has 1 aromatic heterocycles. The number of sulfonamides is 1. The Hall–Kier alpha value is -3.21. The van der Waals surface area contributed by atoms with Gasteiger partial charge in [-0.1, -0.05) is 29.8 Å². The molecule has 0 spiro atoms. The zero-order valence-electron chi connectivity index (χ0n) is 20.2. The van der Waals surface area contributed by atoms with Gasteiger partial charge in [0.05, 0.1) is 16.9 Å². The summed E-state index contributed by atoms with van der Waals surface area (Å²) in [6.45, 7) is 3.60. The van der Waals surface area contributed by atoms with Gasteiger partial charge in [0.1, 0.15) is 5.69 Å². The SMILES string of the molecule is Cc1ccc2[nH]c(C(=O)N[C@H]3CN(S(=O)(=O)c4ccccc4)C[C@@H]3C(=O)N[C@H]3CCCNC3)cc2c1. The first-order chi connectivity index (χ1) is 17.3. The van der Waals surface area contributed by atoms with E-state index >= 15 is 0 Å². The monoisotopic (exact) mass is 509 g/mol. The van der Waals surface area contributed by atoms with Crippen LogP contribution in [0.3, 0.4) is 0 Å². The normalized spacial score (nSPS) is 23.0. The molecule has 2 fully saturated rings. The summed E-state index contributed by atoms with van der Waals surface area (Å²) >= 11 is 0. The van der Waals surface area contributed by atoms with Crippen molar-refractivity contribution in [2.75, 3.05) is 26.2 Å². The number of carbonyl (C=O) groups is 2. The lowest BCUT2D eigenvalue weighted by atomic mass is 10.0. The Morgan fingerprint density at radius 1 is 1.03 bits per heavy atom. The Labute approximate surface area is 210 Å². The van der Waals surface area contributed by atoms with Crippen LogP contribution in [0, 0.1) is 12.8 Å². The van der Waals surface area contributed by atoms with Crippen molar-refractivity contribution in [3.05, 3.63) is 65.9 Å². The fourth-order valence-electron chi connectivity index (χ4n) is 5.02. The molecule has 2 amide bonds. The molecule has 0 aliphatic carbocycles. The summed E-state index contributed by atoms with van der Waals surface area (Å²) in [5, 5.41) is 10.2. The first-order valence-corrected chi connectivity index (χ1v) is 13.7. The Kier molecular flexibility index (Phi) is 6.83. The van der Waals surface area contributed by atoms with Crippen LogP contribution in [0.5, 0.6) is 0 Å². The number of H-pyrrole nitrogens is 1. The standard InChI is InChI=1S/C26H31N5O4S/c1-17-9-10-22-18(12-17)13-23(29-22)26(33)30-24-16-31(36(34,35)20-7-3-2-4-8-20)15-21(24)25(32)28-19-6-5-11-27-14-19/h2-4,7-10,12-13,19,21,24,27,29H,5-6,11,14-16H2,1H3,(H,28,32)(H,30,33)/t19-,21-,24-/m0/s1. The predicted molar refractivity (Wildman–Crippen MR) is 137 cm³/mol. The number of nitrogens with one attached hydrogen (secondary N) is 4. The number of aryl methyl sites for hydroxylation is 1. The fourth-order valence-corrected chi connectivity index (χ4v) is 6.53. The van der Waals surface area contributed by atoms with Crippen LogP contribution in [-0.2, 0) is 14.8 Å². The predicted octanol–water partition coefficient (Wildman–Crippen LogP) is 1.76. The highest BCUT2D eigenvalue weighted by Gasteiger charge is 2.44. The number of benzene rings is 2. The van der Waals surface area contributed by atoms with E-state index in [4.69, 9.17) is 0 Å². The maximum atomic E-state index is 13.3. The summed E-state index contributed by atoms with van der Waals surface area (Å²) in [5.41, 5.74) is 2.29. The highest BCUT2D eigenvalue weighted by atomic mass is 32.2. The fraction of sp³-hybridized carbons (Fsp3) is 0.385. The molecule has 10 heteroatoms. The molecular formula is C26H31N5O4S. The summed E-state index contributed by atoms with van der Waals surface area (Å²) in [5.74, 6) is -1.32. The number of carbonyl (C=O) groups excluding carboxylic acids is 2. The van der Waals surface area contributed by atoms with E-state index in [-0.39, 0.29) is 35.8 Å². The van der Waals surface area contributed by atoms with E-state index in [0.717, 1.165) is 35.9 Å². The van der Waals surface area contributed by atoms with Gasteiger partial charge in [0, 0.05) is 36.6 Å². The summed E-state index contributed by atoms with van der Waals surface area (Å²) < 4.78 is 27.9. The van der Waals surface area contributed by atoms with Crippen LogP contribution in [0.15, 0.2) is 59.5 Å². The molecule has 0 unspecified atom stereocenters. The second-order valence-electron chi connectivity index (χ2n) is 9.65. The third kappa shape index (κ3) is 5.02. The molecule has 0 radical (unpaired) electrons. The number of aromatic nitrogens is 1. The van der Waals surface area contributed by atoms with Crippen LogP contribution >= 0.6 is 0 Å². The second-order valence-corrected chi connectivity index (χ2v) is 11.6. The quantitative estimate of drug-likeness (QED) is 0.403. The number of hydrogen-bond donors (Lipinski definition) is 4. The van der Waals surface area contributed by atoms with Gasteiger partial charge in [-0.05, 0) is 56.6 Å². The number of rotatable bonds is 6. The van der Waals surface area contributed by atoms with Gasteiger partial charge in [0.2, 0.25) is 15.9 Å². The van der Waals surface area contributed by atoms with Gasteiger partial charge in [-0.3, -0.25) is 9.59 Å². The van der Waals surface area contributed by atoms with Crippen molar-refractivity contribution >= 4 is 32.7 Å². The van der Waals surface area contributed by atoms with Gasteiger partial charge < -0.3 is 20.9 Å². The number of hydrogen-bond acceptors (Lipinski definition) is 5. The lowest BCUT2D eigenvalue weighted by Gasteiger charge is -2.26. The Morgan fingerprint density at radius 2 is 1.83 bits per heavy atom. The van der Waals surface area contributed by atoms with Crippen molar-refractivity contribution in [2.45, 2.75) is 36.7 Å². The molecule has 2 aliphatic heterocycles. The van der Waals surface area contributed by atoms with E-state index in [1.165, 1.54) is 16.4 Å². The molecule has 0 saturated carbocycles. The lowest BCUT2D eigenvalue weighted by Crippen LogP contribution is -2.51. The van der Waals surface area contributed by atoms with E-state index in [1.807, 2.05) is 25.1 Å². The van der Waals surface area contributed by atoms with Crippen LogP contribution in [0.4, 0.5) is 0 Å². The maximum absolute atomic E-state index is 13.3. The van der Waals surface area contributed by atoms with Crippen LogP contribution in [-0.4, -0.2) is 67.8 Å². The molecule has 36 heavy (non-hydrogen) atoms. The number of fused-ring (bicyclic) bond motifs is 1. The molecule has 0 bridgehead atoms. The third-order valence-electron chi connectivity index (χ3n) is 6.98. The first-order valence-electron chi connectivity index (χ1n) is 12.3. The van der Waals surface area contributed by atoms with E-state index in [0.29, 0.717) is 12.2 Å². The molecule has 9 nitrogen and oxygen atoms in total. The number of amides is 2. The molecule has 4 N–H and O–H groups in total. The van der Waals surface area contributed by atoms with E-state index < -0.39 is 22.0 Å². The molecule has 2 aromatic carbocycles. The van der Waals surface area contributed by atoms with Crippen LogP contribution in [0.1, 0.15) is 28.9 Å². The molecule has 3 atom stereocenters. The van der Waals surface area contributed by atoms with Crippen molar-refractivity contribution in [1.82, 2.24) is 25.2 Å². The number of aromatic amines is 1. The van der Waals surface area contributed by atoms with Crippen LogP contribution in [0.2, 0.25) is 0 Å². The maximum Gasteiger partial charge on any atom is 0.268 e. The second kappa shape index (κ2) is 10.0. The van der Waals surface area contributed by atoms with Crippen LogP contribution in [0.25, 0.3) is 10.9 Å². The molecule has 190 valence electrons.